The Morgan fingerprint density at radius 3 is 2.14 bits per heavy atom. The second kappa shape index (κ2) is 5.06. The first-order chi connectivity index (χ1) is 6.52. The largest absolute Gasteiger partial charge is 0.0979 e. The Morgan fingerprint density at radius 1 is 1.07 bits per heavy atom. The minimum atomic E-state index is -1.01. The fraction of sp³-hybridized carbons (Fsp3) is 0.333. The number of hydrogen-bond donors (Lipinski definition) is 0. The summed E-state index contributed by atoms with van der Waals surface area (Å²) in [5.74, 6) is 4.82. The van der Waals surface area contributed by atoms with Crippen LogP contribution in [-0.2, 0) is 0 Å². The van der Waals surface area contributed by atoms with Crippen LogP contribution in [0.3, 0.4) is 0 Å². The van der Waals surface area contributed by atoms with Crippen molar-refractivity contribution in [1.82, 2.24) is 0 Å². The molecule has 0 amide bonds. The van der Waals surface area contributed by atoms with Crippen molar-refractivity contribution in [2.45, 2.75) is 0 Å². The van der Waals surface area contributed by atoms with Gasteiger partial charge in [-0.2, -0.15) is 0 Å². The smallest absolute Gasteiger partial charge is 0.0861 e. The van der Waals surface area contributed by atoms with E-state index in [9.17, 15) is 0 Å². The third-order valence-corrected chi connectivity index (χ3v) is 5.66. The zero-order chi connectivity index (χ0) is 10.6. The summed E-state index contributed by atoms with van der Waals surface area (Å²) in [6.07, 6.45) is 0. The van der Waals surface area contributed by atoms with Crippen molar-refractivity contribution in [3.8, 4) is 0 Å². The second-order valence-corrected chi connectivity index (χ2v) is 10.3. The molecule has 0 N–H and O–H groups in total. The average molecular weight is 225 g/mol. The molecule has 14 heavy (non-hydrogen) atoms. The predicted octanol–water partition coefficient (Wildman–Crippen LogP) is 3.80. The summed E-state index contributed by atoms with van der Waals surface area (Å²) in [5.41, 5.74) is 0. The van der Waals surface area contributed by atoms with E-state index in [2.05, 4.69) is 68.6 Å². The molecule has 1 rings (SSSR count). The van der Waals surface area contributed by atoms with Gasteiger partial charge in [0, 0.05) is 0 Å². The molecular weight excluding hydrogens is 206 g/mol. The highest BCUT2D eigenvalue weighted by atomic mass is 31.2. The van der Waals surface area contributed by atoms with Gasteiger partial charge in [-0.1, -0.05) is 26.1 Å². The summed E-state index contributed by atoms with van der Waals surface area (Å²) in [5, 5.41) is 1.49. The molecule has 0 radical (unpaired) electrons. The molecule has 0 unspecified atom stereocenters. The summed E-state index contributed by atoms with van der Waals surface area (Å²) in [7, 11) is -0.921. The predicted molar refractivity (Wildman–Crippen MR) is 72.8 cm³/mol. The molecule has 1 aromatic rings. The van der Waals surface area contributed by atoms with Crippen LogP contribution in [0.25, 0.3) is 0 Å². The minimum Gasteiger partial charge on any atom is -0.0861 e. The van der Waals surface area contributed by atoms with Crippen LogP contribution in [0.15, 0.2) is 42.0 Å². The van der Waals surface area contributed by atoms with Gasteiger partial charge in [0.15, 0.2) is 0 Å². The van der Waals surface area contributed by atoms with E-state index in [1.54, 1.807) is 0 Å². The van der Waals surface area contributed by atoms with Crippen LogP contribution in [-0.4, -0.2) is 26.7 Å². The summed E-state index contributed by atoms with van der Waals surface area (Å²) in [6, 6.07) is 10.8. The van der Waals surface area contributed by atoms with E-state index in [0.717, 1.165) is 0 Å². The number of rotatable bonds is 3. The van der Waals surface area contributed by atoms with Crippen LogP contribution >= 0.6 is 15.2 Å². The minimum absolute atomic E-state index is 0.0921. The molecular formula is C12H19P2+. The third-order valence-electron chi connectivity index (χ3n) is 2.16. The van der Waals surface area contributed by atoms with Gasteiger partial charge in [0.1, 0.15) is 0 Å². The van der Waals surface area contributed by atoms with Gasteiger partial charge >= 0.3 is 0 Å². The first-order valence-electron chi connectivity index (χ1n) is 4.77. The first kappa shape index (κ1) is 11.9. The topological polar surface area (TPSA) is 0 Å². The Morgan fingerprint density at radius 2 is 1.64 bits per heavy atom. The quantitative estimate of drug-likeness (QED) is 0.686. The Labute approximate surface area is 89.5 Å². The maximum atomic E-state index is 2.44. The van der Waals surface area contributed by atoms with Crippen molar-refractivity contribution in [3.63, 3.8) is 0 Å². The molecule has 0 aliphatic rings. The molecule has 0 heterocycles. The maximum Gasteiger partial charge on any atom is 0.0979 e. The Kier molecular flexibility index (Phi) is 4.30. The lowest BCUT2D eigenvalue weighted by Crippen LogP contribution is -2.05. The Balaban J connectivity index is 2.86. The van der Waals surface area contributed by atoms with E-state index in [1.165, 1.54) is 5.30 Å². The highest BCUT2D eigenvalue weighted by Gasteiger charge is 2.24. The summed E-state index contributed by atoms with van der Waals surface area (Å²) >= 11 is 0. The van der Waals surface area contributed by atoms with Crippen LogP contribution in [0.1, 0.15) is 0 Å². The van der Waals surface area contributed by atoms with Crippen molar-refractivity contribution in [2.24, 2.45) is 0 Å². The fourth-order valence-corrected chi connectivity index (χ4v) is 4.71. The molecule has 0 nitrogen and oxygen atoms in total. The Bertz CT molecular complexity index is 299. The van der Waals surface area contributed by atoms with E-state index in [0.29, 0.717) is 0 Å². The zero-order valence-electron chi connectivity index (χ0n) is 9.44. The van der Waals surface area contributed by atoms with Gasteiger partial charge < -0.3 is 0 Å². The Hall–Kier alpha value is -0.180. The summed E-state index contributed by atoms with van der Waals surface area (Å²) < 4.78 is 0. The van der Waals surface area contributed by atoms with Crippen molar-refractivity contribution in [1.29, 1.82) is 0 Å². The molecule has 0 spiro atoms. The lowest BCUT2D eigenvalue weighted by atomic mass is 10.4. The lowest BCUT2D eigenvalue weighted by molar-refractivity contribution is 1.76. The van der Waals surface area contributed by atoms with E-state index in [4.69, 9.17) is 0 Å². The number of hydrogen-bond acceptors (Lipinski definition) is 0. The van der Waals surface area contributed by atoms with Gasteiger partial charge in [0.2, 0.25) is 0 Å². The van der Waals surface area contributed by atoms with Crippen LogP contribution in [0, 0.1) is 0 Å². The molecule has 2 heteroatoms. The van der Waals surface area contributed by atoms with Crippen LogP contribution < -0.4 is 5.30 Å². The monoisotopic (exact) mass is 225 g/mol. The van der Waals surface area contributed by atoms with Crippen molar-refractivity contribution < 1.29 is 0 Å². The van der Waals surface area contributed by atoms with Crippen LogP contribution in [0.4, 0.5) is 0 Å². The van der Waals surface area contributed by atoms with Gasteiger partial charge in [-0.3, -0.25) is 0 Å². The molecule has 0 atom stereocenters. The van der Waals surface area contributed by atoms with Crippen LogP contribution in [0.2, 0.25) is 0 Å². The SMILES string of the molecule is CP(C)/C=C\[P+](C)(C)c1ccccc1. The van der Waals surface area contributed by atoms with E-state index in [-0.39, 0.29) is 7.92 Å². The van der Waals surface area contributed by atoms with Crippen LogP contribution in [0.5, 0.6) is 0 Å². The van der Waals surface area contributed by atoms with Gasteiger partial charge in [-0.25, -0.2) is 0 Å². The first-order valence-corrected chi connectivity index (χ1v) is 9.83. The van der Waals surface area contributed by atoms with E-state index >= 15 is 0 Å². The van der Waals surface area contributed by atoms with Gasteiger partial charge in [-0.15, -0.1) is 0 Å². The molecule has 0 saturated heterocycles. The van der Waals surface area contributed by atoms with Gasteiger partial charge in [0.05, 0.1) is 31.7 Å². The zero-order valence-corrected chi connectivity index (χ0v) is 11.2. The summed E-state index contributed by atoms with van der Waals surface area (Å²) in [6.45, 7) is 9.32. The molecule has 1 aromatic carbocycles. The molecule has 0 fully saturated rings. The molecule has 0 bridgehead atoms. The lowest BCUT2D eigenvalue weighted by Gasteiger charge is -2.12. The van der Waals surface area contributed by atoms with Gasteiger partial charge in [0.25, 0.3) is 0 Å². The standard InChI is InChI=1S/C12H19P2/c1-13(2)10-11-14(3,4)12-8-6-5-7-9-12/h5-11H,1-4H3/q+1/b11-10-. The fourth-order valence-electron chi connectivity index (χ4n) is 1.20. The summed E-state index contributed by atoms with van der Waals surface area (Å²) in [4.78, 5) is 0. The van der Waals surface area contributed by atoms with Gasteiger partial charge in [-0.05, 0) is 31.3 Å². The molecule has 76 valence electrons. The molecule has 0 aromatic heterocycles. The number of benzene rings is 1. The molecule has 0 saturated carbocycles. The van der Waals surface area contributed by atoms with E-state index < -0.39 is 7.26 Å². The average Bonchev–Trinajstić information content (AvgIpc) is 2.16. The molecule has 0 aliphatic carbocycles. The van der Waals surface area contributed by atoms with Crippen molar-refractivity contribution in [2.75, 3.05) is 26.7 Å². The second-order valence-electron chi connectivity index (χ2n) is 4.14. The third kappa shape index (κ3) is 3.52. The van der Waals surface area contributed by atoms with Crippen molar-refractivity contribution in [3.05, 3.63) is 42.0 Å². The highest BCUT2D eigenvalue weighted by molar-refractivity contribution is 7.84. The normalized spacial score (nSPS) is 12.6. The van der Waals surface area contributed by atoms with E-state index in [1.807, 2.05) is 0 Å². The highest BCUT2D eigenvalue weighted by Crippen LogP contribution is 2.52. The molecule has 0 aliphatic heterocycles. The van der Waals surface area contributed by atoms with Crippen molar-refractivity contribution >= 4 is 20.5 Å². The maximum absolute atomic E-state index is 2.44.